The number of rotatable bonds is 21. The molecule has 121 heavy (non-hydrogen) atoms. The first-order chi connectivity index (χ1) is 57.7. The van der Waals surface area contributed by atoms with Gasteiger partial charge in [0.2, 0.25) is 40.1 Å². The minimum absolute atomic E-state index is 0.207. The van der Waals surface area contributed by atoms with Crippen LogP contribution in [-0.2, 0) is 40.1 Å². The van der Waals surface area contributed by atoms with Crippen molar-refractivity contribution >= 4 is 121 Å². The number of hydrogen-bond acceptors (Lipinski definition) is 21. The number of hydrazone groups is 4. The number of aryl methyl sites for hydroxylation is 1. The van der Waals surface area contributed by atoms with Gasteiger partial charge in [0.15, 0.2) is 0 Å². The molecule has 4 amide bonds. The SMILES string of the molecule is COc1ccc(C(=O)N2N=C(c3ccc(NS(C)(=O)=O)cc3)CC2c2ccco2)cc1.CS(=O)(=O)Nc1ccc(C2=NN(C(=O)c3ccc(Cl)cc3)C(c3ccco3)C2)cc1.CS(=O)(=O)Nc1ccc(C2=NN(C(=O)c3ccc(F)cc3)C(c3ccco3)C2)cc1.Cc1ccc(C(=O)N2N=C(c3ccc(NS(C)(=O)=O)cc3)CC2c2ccco2)cc1. The van der Waals surface area contributed by atoms with Crippen LogP contribution in [0.2, 0.25) is 5.02 Å². The van der Waals surface area contributed by atoms with Crippen LogP contribution in [0.5, 0.6) is 5.75 Å². The molecule has 4 N–H and O–H groups in total. The average molecular weight is 1730 g/mol. The van der Waals surface area contributed by atoms with Crippen LogP contribution in [0.4, 0.5) is 27.1 Å². The van der Waals surface area contributed by atoms with Gasteiger partial charge in [-0.1, -0.05) is 77.8 Å². The van der Waals surface area contributed by atoms with E-state index >= 15 is 0 Å². The molecule has 4 aliphatic heterocycles. The standard InChI is InChI=1S/C22H21N3O5S.C22H21N3O4S.C21H18ClN3O4S.C21H18FN3O4S/c1-29-18-11-7-16(8-12-18)22(26)25-20(21-4-3-13-30-21)14-19(23-25)15-5-9-17(10-6-15)24-31(2,27)28;1-15-5-7-17(8-6-15)22(26)25-20(21-4-3-13-29-21)14-19(23-25)16-9-11-18(12-10-16)24-30(2,27)28;2*1-30(27,28)24-17-10-6-14(7-11-17)18-13-19(20-3-2-12-29-20)25(23-18)21(26)15-4-8-16(22)9-5-15/h3-13,20,24H,14H2,1-2H3;3-13,20,24H,14H2,1-2H3;2*2-12,19,24H,13H2,1H3. The number of carbonyl (C=O) groups excluding carboxylic acids is 4. The van der Waals surface area contributed by atoms with Crippen LogP contribution in [-0.4, -0.2) is 132 Å². The van der Waals surface area contributed by atoms with E-state index in [-0.39, 0.29) is 41.8 Å². The lowest BCUT2D eigenvalue weighted by molar-refractivity contribution is 0.0686. The summed E-state index contributed by atoms with van der Waals surface area (Å²) in [5.41, 5.74) is 10.6. The van der Waals surface area contributed by atoms with Crippen LogP contribution in [0, 0.1) is 12.7 Å². The van der Waals surface area contributed by atoms with E-state index in [9.17, 15) is 57.2 Å². The maximum absolute atomic E-state index is 13.2. The predicted octanol–water partition coefficient (Wildman–Crippen LogP) is 15.7. The third-order valence-electron chi connectivity index (χ3n) is 18.9. The van der Waals surface area contributed by atoms with Gasteiger partial charge in [-0.25, -0.2) is 58.1 Å². The van der Waals surface area contributed by atoms with E-state index in [2.05, 4.69) is 39.3 Å². The minimum Gasteiger partial charge on any atom is -0.497 e. The van der Waals surface area contributed by atoms with E-state index in [0.29, 0.717) is 122 Å². The van der Waals surface area contributed by atoms with E-state index in [1.165, 1.54) is 50.6 Å². The molecule has 0 spiro atoms. The first-order valence-electron chi connectivity index (χ1n) is 37.1. The van der Waals surface area contributed by atoms with Crippen molar-refractivity contribution in [2.24, 2.45) is 20.4 Å². The highest BCUT2D eigenvalue weighted by atomic mass is 35.5. The Morgan fingerprint density at radius 2 is 0.587 bits per heavy atom. The number of carbonyl (C=O) groups is 4. The van der Waals surface area contributed by atoms with Crippen LogP contribution < -0.4 is 23.6 Å². The van der Waals surface area contributed by atoms with Gasteiger partial charge in [0, 0.05) is 75.7 Å². The first-order valence-corrected chi connectivity index (χ1v) is 45.0. The molecule has 4 atom stereocenters. The molecule has 35 heteroatoms. The van der Waals surface area contributed by atoms with Crippen LogP contribution in [0.25, 0.3) is 0 Å². The third kappa shape index (κ3) is 22.3. The van der Waals surface area contributed by atoms with Gasteiger partial charge in [0.05, 0.1) is 80.0 Å². The van der Waals surface area contributed by atoms with Gasteiger partial charge in [-0.05, 0) is 211 Å². The number of nitrogens with zero attached hydrogens (tertiary/aromatic N) is 8. The number of ether oxygens (including phenoxy) is 1. The van der Waals surface area contributed by atoms with Crippen molar-refractivity contribution in [3.05, 3.63) is 352 Å². The Kier molecular flexibility index (Phi) is 25.9. The zero-order valence-electron chi connectivity index (χ0n) is 65.4. The first kappa shape index (κ1) is 85.3. The molecule has 0 radical (unpaired) electrons. The molecular weight excluding hydrogens is 1660 g/mol. The van der Waals surface area contributed by atoms with Gasteiger partial charge in [0.25, 0.3) is 23.6 Å². The molecule has 0 aliphatic carbocycles. The smallest absolute Gasteiger partial charge is 0.274 e. The van der Waals surface area contributed by atoms with Crippen molar-refractivity contribution in [2.45, 2.75) is 56.8 Å². The molecule has 0 saturated carbocycles. The summed E-state index contributed by atoms with van der Waals surface area (Å²) in [6, 6.07) is 66.2. The van der Waals surface area contributed by atoms with Crippen molar-refractivity contribution in [1.82, 2.24) is 20.0 Å². The van der Waals surface area contributed by atoms with Crippen molar-refractivity contribution in [3.63, 3.8) is 0 Å². The van der Waals surface area contributed by atoms with Crippen LogP contribution in [0.1, 0.15) is 142 Å². The molecular formula is C86H78ClFN12O17S4. The molecule has 8 aromatic carbocycles. The average Bonchev–Trinajstić information content (AvgIpc) is 1.66. The highest BCUT2D eigenvalue weighted by molar-refractivity contribution is 7.92. The quantitative estimate of drug-likeness (QED) is 0.0519. The fraction of sp³-hybridized carbons (Fsp3) is 0.163. The van der Waals surface area contributed by atoms with E-state index in [0.717, 1.165) is 58.6 Å². The lowest BCUT2D eigenvalue weighted by Crippen LogP contribution is -2.26. The second-order valence-corrected chi connectivity index (χ2v) is 35.6. The van der Waals surface area contributed by atoms with Crippen LogP contribution >= 0.6 is 11.6 Å². The Bertz CT molecular complexity index is 5850. The Morgan fingerprint density at radius 3 is 0.810 bits per heavy atom. The summed E-state index contributed by atoms with van der Waals surface area (Å²) in [6.45, 7) is 1.97. The monoisotopic (exact) mass is 1730 g/mol. The summed E-state index contributed by atoms with van der Waals surface area (Å²) >= 11 is 5.93. The number of benzene rings is 8. The molecule has 4 unspecified atom stereocenters. The van der Waals surface area contributed by atoms with Gasteiger partial charge in [-0.2, -0.15) is 20.4 Å². The lowest BCUT2D eigenvalue weighted by atomic mass is 10.0. The highest BCUT2D eigenvalue weighted by Gasteiger charge is 2.40. The fourth-order valence-corrected chi connectivity index (χ4v) is 15.6. The summed E-state index contributed by atoms with van der Waals surface area (Å²) < 4.78 is 141. The predicted molar refractivity (Wildman–Crippen MR) is 457 cm³/mol. The molecule has 8 heterocycles. The number of sulfonamides is 4. The number of hydrogen-bond donors (Lipinski definition) is 4. The second-order valence-electron chi connectivity index (χ2n) is 28.1. The summed E-state index contributed by atoms with van der Waals surface area (Å²) in [7, 11) is -11.9. The number of anilines is 4. The van der Waals surface area contributed by atoms with Crippen molar-refractivity contribution < 1.29 is 79.6 Å². The van der Waals surface area contributed by atoms with Crippen molar-refractivity contribution in [3.8, 4) is 5.75 Å². The summed E-state index contributed by atoms with van der Waals surface area (Å²) in [5, 5.41) is 24.5. The molecule has 4 aliphatic rings. The molecule has 12 aromatic rings. The molecule has 29 nitrogen and oxygen atoms in total. The molecule has 0 bridgehead atoms. The molecule has 16 rings (SSSR count). The minimum atomic E-state index is -3.37. The van der Waals surface area contributed by atoms with E-state index in [4.69, 9.17) is 34.0 Å². The molecule has 0 fully saturated rings. The molecule has 622 valence electrons. The van der Waals surface area contributed by atoms with E-state index in [1.807, 2.05) is 37.3 Å². The summed E-state index contributed by atoms with van der Waals surface area (Å²) in [5.74, 6) is 1.64. The zero-order valence-corrected chi connectivity index (χ0v) is 69.5. The van der Waals surface area contributed by atoms with Crippen LogP contribution in [0.15, 0.2) is 306 Å². The van der Waals surface area contributed by atoms with Crippen molar-refractivity contribution in [2.75, 3.05) is 51.0 Å². The summed E-state index contributed by atoms with van der Waals surface area (Å²) in [6.07, 6.45) is 12.4. The Hall–Kier alpha value is -13.5. The van der Waals surface area contributed by atoms with Gasteiger partial charge >= 0.3 is 0 Å². The van der Waals surface area contributed by atoms with Gasteiger partial charge in [0.1, 0.15) is 58.8 Å². The normalized spacial score (nSPS) is 16.3. The maximum Gasteiger partial charge on any atom is 0.274 e. The highest BCUT2D eigenvalue weighted by Crippen LogP contribution is 2.40. The largest absolute Gasteiger partial charge is 0.497 e. The Labute approximate surface area is 701 Å². The van der Waals surface area contributed by atoms with Gasteiger partial charge < -0.3 is 22.4 Å². The number of amides is 4. The van der Waals surface area contributed by atoms with E-state index < -0.39 is 52.0 Å². The zero-order chi connectivity index (χ0) is 85.9. The number of nitrogens with one attached hydrogen (secondary N) is 4. The van der Waals surface area contributed by atoms with Gasteiger partial charge in [-0.15, -0.1) is 0 Å². The fourth-order valence-electron chi connectivity index (χ4n) is 13.2. The van der Waals surface area contributed by atoms with E-state index in [1.54, 1.807) is 214 Å². The number of furan rings is 4. The molecule has 4 aromatic heterocycles. The maximum atomic E-state index is 13.2. The number of methoxy groups -OCH3 is 1. The van der Waals surface area contributed by atoms with Crippen molar-refractivity contribution in [1.29, 1.82) is 0 Å². The van der Waals surface area contributed by atoms with Crippen LogP contribution in [0.3, 0.4) is 0 Å². The Balaban J connectivity index is 0.000000139. The molecule has 0 saturated heterocycles. The van der Waals surface area contributed by atoms with Gasteiger partial charge in [-0.3, -0.25) is 38.1 Å². The second kappa shape index (κ2) is 36.8. The Morgan fingerprint density at radius 1 is 0.355 bits per heavy atom. The number of halogens is 2. The summed E-state index contributed by atoms with van der Waals surface area (Å²) in [4.78, 5) is 52.5. The third-order valence-corrected chi connectivity index (χ3v) is 21.5. The topological polar surface area (TPSA) is 377 Å². The lowest BCUT2D eigenvalue weighted by Gasteiger charge is -2.20.